The van der Waals surface area contributed by atoms with E-state index in [1.807, 2.05) is 13.8 Å². The van der Waals surface area contributed by atoms with Crippen molar-refractivity contribution in [1.82, 2.24) is 0 Å². The van der Waals surface area contributed by atoms with Crippen LogP contribution in [-0.4, -0.2) is 43.3 Å². The fourth-order valence-corrected chi connectivity index (χ4v) is 5.33. The molecular formula is C22H28O7S2. The van der Waals surface area contributed by atoms with Crippen LogP contribution in [0.2, 0.25) is 0 Å². The van der Waals surface area contributed by atoms with Crippen molar-refractivity contribution in [2.24, 2.45) is 11.8 Å². The van der Waals surface area contributed by atoms with Gasteiger partial charge in [0.15, 0.2) is 0 Å². The van der Waals surface area contributed by atoms with Gasteiger partial charge in [-0.3, -0.25) is 8.37 Å². The van der Waals surface area contributed by atoms with E-state index < -0.39 is 26.2 Å². The summed E-state index contributed by atoms with van der Waals surface area (Å²) in [5.74, 6) is -0.375. The first-order valence-corrected chi connectivity index (χ1v) is 13.0. The molecule has 7 nitrogen and oxygen atoms in total. The van der Waals surface area contributed by atoms with E-state index in [0.717, 1.165) is 11.1 Å². The topological polar surface area (TPSA) is 96.0 Å². The van der Waals surface area contributed by atoms with Crippen molar-refractivity contribution in [2.45, 2.75) is 36.5 Å². The highest BCUT2D eigenvalue weighted by molar-refractivity contribution is 7.87. The first-order chi connectivity index (χ1) is 14.7. The average molecular weight is 469 g/mol. The summed E-state index contributed by atoms with van der Waals surface area (Å²) in [6.07, 6.45) is 1.37. The van der Waals surface area contributed by atoms with Gasteiger partial charge in [0, 0.05) is 19.1 Å². The van der Waals surface area contributed by atoms with Crippen LogP contribution in [-0.2, 0) is 33.3 Å². The minimum atomic E-state index is -3.96. The van der Waals surface area contributed by atoms with Crippen LogP contribution in [0.1, 0.15) is 24.0 Å². The second-order valence-corrected chi connectivity index (χ2v) is 11.0. The summed E-state index contributed by atoms with van der Waals surface area (Å²) in [5.41, 5.74) is 1.88. The lowest BCUT2D eigenvalue weighted by Gasteiger charge is -2.29. The molecule has 0 spiro atoms. The van der Waals surface area contributed by atoms with E-state index in [1.165, 1.54) is 24.3 Å². The summed E-state index contributed by atoms with van der Waals surface area (Å²) >= 11 is 0. The largest absolute Gasteiger partial charge is 0.381 e. The predicted molar refractivity (Wildman–Crippen MR) is 116 cm³/mol. The van der Waals surface area contributed by atoms with Gasteiger partial charge in [-0.05, 0) is 56.9 Å². The standard InChI is InChI=1S/C22H28O7S2/c1-17-3-7-21(8-4-17)30(23,24)28-15-20(19-11-13-27-14-12-19)16-29-31(25,26)22-9-5-18(2)6-10-22/h3-10,19-20H,11-16H2,1-2H3. The second-order valence-electron chi connectivity index (χ2n) is 7.81. The number of hydrogen-bond donors (Lipinski definition) is 0. The summed E-state index contributed by atoms with van der Waals surface area (Å²) in [6.45, 7) is 4.48. The maximum atomic E-state index is 12.6. The molecule has 1 aliphatic rings. The van der Waals surface area contributed by atoms with Gasteiger partial charge in [-0.2, -0.15) is 16.8 Å². The molecule has 3 rings (SSSR count). The highest BCUT2D eigenvalue weighted by Gasteiger charge is 2.29. The molecule has 1 fully saturated rings. The molecular weight excluding hydrogens is 440 g/mol. The van der Waals surface area contributed by atoms with Gasteiger partial charge in [0.05, 0.1) is 23.0 Å². The van der Waals surface area contributed by atoms with Crippen LogP contribution in [0, 0.1) is 25.7 Å². The van der Waals surface area contributed by atoms with Crippen molar-refractivity contribution in [3.05, 3.63) is 59.7 Å². The molecule has 2 aromatic rings. The molecule has 1 heterocycles. The van der Waals surface area contributed by atoms with E-state index in [-0.39, 0.29) is 28.9 Å². The molecule has 1 aliphatic heterocycles. The molecule has 170 valence electrons. The molecule has 0 bridgehead atoms. The number of aryl methyl sites for hydroxylation is 2. The van der Waals surface area contributed by atoms with E-state index in [1.54, 1.807) is 24.3 Å². The molecule has 2 aromatic carbocycles. The van der Waals surface area contributed by atoms with Gasteiger partial charge in [0.1, 0.15) is 0 Å². The summed E-state index contributed by atoms with van der Waals surface area (Å²) < 4.78 is 66.3. The van der Waals surface area contributed by atoms with E-state index in [4.69, 9.17) is 13.1 Å². The van der Waals surface area contributed by atoms with Crippen LogP contribution in [0.3, 0.4) is 0 Å². The fourth-order valence-electron chi connectivity index (χ4n) is 3.41. The van der Waals surface area contributed by atoms with Crippen molar-refractivity contribution in [3.8, 4) is 0 Å². The first-order valence-electron chi connectivity index (χ1n) is 10.2. The fraction of sp³-hybridized carbons (Fsp3) is 0.455. The van der Waals surface area contributed by atoms with Crippen molar-refractivity contribution in [3.63, 3.8) is 0 Å². The van der Waals surface area contributed by atoms with Crippen LogP contribution in [0.25, 0.3) is 0 Å². The van der Waals surface area contributed by atoms with Gasteiger partial charge in [-0.1, -0.05) is 35.4 Å². The monoisotopic (exact) mass is 468 g/mol. The molecule has 0 radical (unpaired) electrons. The van der Waals surface area contributed by atoms with Gasteiger partial charge in [-0.25, -0.2) is 0 Å². The van der Waals surface area contributed by atoms with E-state index in [2.05, 4.69) is 0 Å². The lowest BCUT2D eigenvalue weighted by atomic mass is 9.87. The Morgan fingerprint density at radius 2 is 1.16 bits per heavy atom. The zero-order valence-corrected chi connectivity index (χ0v) is 19.3. The molecule has 0 unspecified atom stereocenters. The third-order valence-electron chi connectivity index (χ3n) is 5.43. The highest BCUT2D eigenvalue weighted by atomic mass is 32.2. The smallest absolute Gasteiger partial charge is 0.296 e. The quantitative estimate of drug-likeness (QED) is 0.520. The van der Waals surface area contributed by atoms with Crippen LogP contribution in [0.4, 0.5) is 0 Å². The minimum absolute atomic E-state index is 0.0372. The van der Waals surface area contributed by atoms with E-state index in [0.29, 0.717) is 26.1 Å². The zero-order valence-electron chi connectivity index (χ0n) is 17.7. The van der Waals surface area contributed by atoms with Crippen LogP contribution in [0.15, 0.2) is 58.3 Å². The number of ether oxygens (including phenoxy) is 1. The maximum absolute atomic E-state index is 12.6. The van der Waals surface area contributed by atoms with Gasteiger partial charge in [-0.15, -0.1) is 0 Å². The molecule has 9 heteroatoms. The van der Waals surface area contributed by atoms with Crippen molar-refractivity contribution >= 4 is 20.2 Å². The first kappa shape index (κ1) is 23.9. The highest BCUT2D eigenvalue weighted by Crippen LogP contribution is 2.27. The van der Waals surface area contributed by atoms with Gasteiger partial charge in [0.25, 0.3) is 20.2 Å². The van der Waals surface area contributed by atoms with Crippen molar-refractivity contribution in [2.75, 3.05) is 26.4 Å². The molecule has 0 aromatic heterocycles. The summed E-state index contributed by atoms with van der Waals surface area (Å²) in [4.78, 5) is 0.133. The number of rotatable bonds is 9. The van der Waals surface area contributed by atoms with Crippen molar-refractivity contribution < 1.29 is 29.9 Å². The van der Waals surface area contributed by atoms with Crippen LogP contribution in [0.5, 0.6) is 0 Å². The Balaban J connectivity index is 1.70. The third kappa shape index (κ3) is 6.60. The maximum Gasteiger partial charge on any atom is 0.296 e. The van der Waals surface area contributed by atoms with Crippen LogP contribution >= 0.6 is 0 Å². The van der Waals surface area contributed by atoms with Crippen LogP contribution < -0.4 is 0 Å². The Kier molecular flexibility index (Phi) is 7.87. The number of hydrogen-bond acceptors (Lipinski definition) is 7. The van der Waals surface area contributed by atoms with E-state index >= 15 is 0 Å². The van der Waals surface area contributed by atoms with Crippen molar-refractivity contribution in [1.29, 1.82) is 0 Å². The Labute approximate surface area is 184 Å². The molecule has 0 amide bonds. The minimum Gasteiger partial charge on any atom is -0.381 e. The summed E-state index contributed by atoms with van der Waals surface area (Å²) in [5, 5.41) is 0. The van der Waals surface area contributed by atoms with Gasteiger partial charge >= 0.3 is 0 Å². The molecule has 0 N–H and O–H groups in total. The Hall–Kier alpha value is -1.78. The summed E-state index contributed by atoms with van der Waals surface area (Å²) in [6, 6.07) is 12.8. The lowest BCUT2D eigenvalue weighted by Crippen LogP contribution is -2.31. The second kappa shape index (κ2) is 10.2. The zero-order chi connectivity index (χ0) is 22.5. The Bertz CT molecular complexity index is 974. The predicted octanol–water partition coefficient (Wildman–Crippen LogP) is 3.46. The van der Waals surface area contributed by atoms with Gasteiger partial charge in [0.2, 0.25) is 0 Å². The lowest BCUT2D eigenvalue weighted by molar-refractivity contribution is 0.0250. The average Bonchev–Trinajstić information content (AvgIpc) is 2.75. The molecule has 1 saturated heterocycles. The molecule has 0 aliphatic carbocycles. The molecule has 0 atom stereocenters. The van der Waals surface area contributed by atoms with Gasteiger partial charge < -0.3 is 4.74 Å². The number of benzene rings is 2. The normalized spacial score (nSPS) is 16.0. The molecule has 31 heavy (non-hydrogen) atoms. The Morgan fingerprint density at radius 1 is 0.774 bits per heavy atom. The Morgan fingerprint density at radius 3 is 1.55 bits per heavy atom. The summed E-state index contributed by atoms with van der Waals surface area (Å²) in [7, 11) is -7.92. The SMILES string of the molecule is Cc1ccc(S(=O)(=O)OCC(COS(=O)(=O)c2ccc(C)cc2)C2CCOCC2)cc1. The van der Waals surface area contributed by atoms with E-state index in [9.17, 15) is 16.8 Å². The molecule has 0 saturated carbocycles. The third-order valence-corrected chi connectivity index (χ3v) is 8.02.